The molecule has 6 heteroatoms. The quantitative estimate of drug-likeness (QED) is 0.557. The number of hydrogen-bond acceptors (Lipinski definition) is 5. The molecule has 2 N–H and O–H groups in total. The number of carbonyl (C=O) groups is 2. The molecule has 1 aromatic rings. The van der Waals surface area contributed by atoms with Crippen LogP contribution in [-0.4, -0.2) is 35.4 Å². The Balaban J connectivity index is 2.75. The summed E-state index contributed by atoms with van der Waals surface area (Å²) in [5, 5.41) is 12.0. The van der Waals surface area contributed by atoms with Crippen molar-refractivity contribution in [1.29, 1.82) is 0 Å². The van der Waals surface area contributed by atoms with Gasteiger partial charge in [-0.15, -0.1) is 6.58 Å². The maximum Gasteiger partial charge on any atom is 0.408 e. The van der Waals surface area contributed by atoms with Crippen LogP contribution in [0.3, 0.4) is 0 Å². The highest BCUT2D eigenvalue weighted by Crippen LogP contribution is 2.16. The van der Waals surface area contributed by atoms with Crippen LogP contribution in [0, 0.1) is 5.92 Å². The molecule has 0 fully saturated rings. The van der Waals surface area contributed by atoms with Crippen molar-refractivity contribution in [3.63, 3.8) is 0 Å². The number of benzene rings is 1. The number of ether oxygens (including phenoxy) is 2. The number of aliphatic hydroxyl groups is 1. The second kappa shape index (κ2) is 9.84. The van der Waals surface area contributed by atoms with Gasteiger partial charge in [-0.3, -0.25) is 0 Å². The zero-order valence-electron chi connectivity index (χ0n) is 15.0. The molecule has 0 heterocycles. The van der Waals surface area contributed by atoms with Gasteiger partial charge in [0.1, 0.15) is 18.2 Å². The second-order valence-electron chi connectivity index (χ2n) is 6.68. The fraction of sp³-hybridized carbons (Fsp3) is 0.474. The molecule has 0 aliphatic heterocycles. The first-order valence-corrected chi connectivity index (χ1v) is 8.18. The summed E-state index contributed by atoms with van der Waals surface area (Å²) < 4.78 is 10.5. The topological polar surface area (TPSA) is 84.9 Å². The minimum atomic E-state index is -1.02. The van der Waals surface area contributed by atoms with Gasteiger partial charge in [0, 0.05) is 12.5 Å². The predicted octanol–water partition coefficient (Wildman–Crippen LogP) is 2.81. The molecule has 2 atom stereocenters. The lowest BCUT2D eigenvalue weighted by Gasteiger charge is -2.28. The SMILES string of the molecule is C=CC[C@@H](CO)[C@H](NC(=O)OCc1ccccc1)C(=O)OC(C)(C)C. The smallest absolute Gasteiger partial charge is 0.408 e. The number of nitrogens with one attached hydrogen (secondary N) is 1. The van der Waals surface area contributed by atoms with Crippen LogP contribution in [-0.2, 0) is 20.9 Å². The lowest BCUT2D eigenvalue weighted by Crippen LogP contribution is -2.49. The number of aliphatic hydroxyl groups excluding tert-OH is 1. The number of esters is 1. The Hall–Kier alpha value is -2.34. The van der Waals surface area contributed by atoms with E-state index in [1.165, 1.54) is 0 Å². The largest absolute Gasteiger partial charge is 0.458 e. The molecule has 0 aliphatic rings. The van der Waals surface area contributed by atoms with Gasteiger partial charge in [0.15, 0.2) is 0 Å². The van der Waals surface area contributed by atoms with Gasteiger partial charge < -0.3 is 19.9 Å². The molecule has 1 amide bonds. The summed E-state index contributed by atoms with van der Waals surface area (Å²) in [5.41, 5.74) is 0.121. The summed E-state index contributed by atoms with van der Waals surface area (Å²) in [6.45, 7) is 8.60. The number of hydrogen-bond donors (Lipinski definition) is 2. The number of carbonyl (C=O) groups excluding carboxylic acids is 2. The van der Waals surface area contributed by atoms with Gasteiger partial charge in [-0.2, -0.15) is 0 Å². The number of allylic oxidation sites excluding steroid dienone is 1. The minimum absolute atomic E-state index is 0.0823. The molecule has 0 radical (unpaired) electrons. The minimum Gasteiger partial charge on any atom is -0.458 e. The van der Waals surface area contributed by atoms with Gasteiger partial charge >= 0.3 is 12.1 Å². The van der Waals surface area contributed by atoms with E-state index in [2.05, 4.69) is 11.9 Å². The molecule has 138 valence electrons. The molecular weight excluding hydrogens is 322 g/mol. The van der Waals surface area contributed by atoms with E-state index in [-0.39, 0.29) is 13.2 Å². The third-order valence-corrected chi connectivity index (χ3v) is 3.32. The van der Waals surface area contributed by atoms with Gasteiger partial charge in [-0.1, -0.05) is 36.4 Å². The van der Waals surface area contributed by atoms with Crippen molar-refractivity contribution in [2.45, 2.75) is 45.4 Å². The third kappa shape index (κ3) is 7.85. The van der Waals surface area contributed by atoms with Crippen LogP contribution in [0.15, 0.2) is 43.0 Å². The summed E-state index contributed by atoms with van der Waals surface area (Å²) >= 11 is 0. The van der Waals surface area contributed by atoms with Crippen molar-refractivity contribution >= 4 is 12.1 Å². The molecule has 6 nitrogen and oxygen atoms in total. The van der Waals surface area contributed by atoms with Gasteiger partial charge in [-0.05, 0) is 32.8 Å². The van der Waals surface area contributed by atoms with Crippen molar-refractivity contribution in [3.8, 4) is 0 Å². The lowest BCUT2D eigenvalue weighted by atomic mass is 9.97. The zero-order chi connectivity index (χ0) is 18.9. The number of rotatable bonds is 8. The molecule has 0 aromatic heterocycles. The average Bonchev–Trinajstić information content (AvgIpc) is 2.55. The summed E-state index contributed by atoms with van der Waals surface area (Å²) in [5.74, 6) is -1.17. The first-order chi connectivity index (χ1) is 11.8. The molecular formula is C19H27NO5. The third-order valence-electron chi connectivity index (χ3n) is 3.32. The highest BCUT2D eigenvalue weighted by Gasteiger charge is 2.33. The lowest BCUT2D eigenvalue weighted by molar-refractivity contribution is -0.159. The van der Waals surface area contributed by atoms with Gasteiger partial charge in [-0.25, -0.2) is 9.59 Å². The summed E-state index contributed by atoms with van der Waals surface area (Å²) in [6, 6.07) is 8.17. The van der Waals surface area contributed by atoms with E-state index >= 15 is 0 Å². The molecule has 1 rings (SSSR count). The molecule has 1 aromatic carbocycles. The van der Waals surface area contributed by atoms with Crippen LogP contribution >= 0.6 is 0 Å². The summed E-state index contributed by atoms with van der Waals surface area (Å²) in [6.07, 6.45) is 1.18. The van der Waals surface area contributed by atoms with Crippen molar-refractivity contribution in [3.05, 3.63) is 48.6 Å². The van der Waals surface area contributed by atoms with E-state index in [1.807, 2.05) is 30.3 Å². The zero-order valence-corrected chi connectivity index (χ0v) is 15.0. The Morgan fingerprint density at radius 1 is 1.28 bits per heavy atom. The van der Waals surface area contributed by atoms with Gasteiger partial charge in [0.25, 0.3) is 0 Å². The van der Waals surface area contributed by atoms with Crippen LogP contribution < -0.4 is 5.32 Å². The maximum absolute atomic E-state index is 12.4. The molecule has 0 spiro atoms. The van der Waals surface area contributed by atoms with Crippen LogP contribution in [0.25, 0.3) is 0 Å². The number of alkyl carbamates (subject to hydrolysis) is 1. The monoisotopic (exact) mass is 349 g/mol. The summed E-state index contributed by atoms with van der Waals surface area (Å²) in [4.78, 5) is 24.5. The van der Waals surface area contributed by atoms with Gasteiger partial charge in [0.05, 0.1) is 0 Å². The Labute approximate surface area is 148 Å². The molecule has 0 bridgehead atoms. The highest BCUT2D eigenvalue weighted by atomic mass is 16.6. The van der Waals surface area contributed by atoms with Crippen molar-refractivity contribution in [2.75, 3.05) is 6.61 Å². The first-order valence-electron chi connectivity index (χ1n) is 8.18. The van der Waals surface area contributed by atoms with Crippen molar-refractivity contribution < 1.29 is 24.2 Å². The average molecular weight is 349 g/mol. The van der Waals surface area contributed by atoms with Gasteiger partial charge in [0.2, 0.25) is 0 Å². The van der Waals surface area contributed by atoms with E-state index in [1.54, 1.807) is 26.8 Å². The van der Waals surface area contributed by atoms with Crippen LogP contribution in [0.1, 0.15) is 32.8 Å². The van der Waals surface area contributed by atoms with E-state index in [4.69, 9.17) is 9.47 Å². The van der Waals surface area contributed by atoms with Crippen molar-refractivity contribution in [1.82, 2.24) is 5.32 Å². The molecule has 0 aliphatic carbocycles. The van der Waals surface area contributed by atoms with Crippen LogP contribution in [0.4, 0.5) is 4.79 Å². The molecule has 0 unspecified atom stereocenters. The summed E-state index contributed by atoms with van der Waals surface area (Å²) in [7, 11) is 0. The Morgan fingerprint density at radius 2 is 1.92 bits per heavy atom. The fourth-order valence-corrected chi connectivity index (χ4v) is 2.16. The maximum atomic E-state index is 12.4. The van der Waals surface area contributed by atoms with Crippen LogP contribution in [0.2, 0.25) is 0 Å². The van der Waals surface area contributed by atoms with Crippen molar-refractivity contribution in [2.24, 2.45) is 5.92 Å². The second-order valence-corrected chi connectivity index (χ2v) is 6.68. The van der Waals surface area contributed by atoms with E-state index < -0.39 is 29.6 Å². The first kappa shape index (κ1) is 20.7. The predicted molar refractivity (Wildman–Crippen MR) is 94.8 cm³/mol. The Kier molecular flexibility index (Phi) is 8.15. The standard InChI is InChI=1S/C19H27NO5/c1-5-9-15(12-21)16(17(22)25-19(2,3)4)20-18(23)24-13-14-10-7-6-8-11-14/h5-8,10-11,15-16,21H,1,9,12-13H2,2-4H3,(H,20,23)/t15-,16-/m0/s1. The highest BCUT2D eigenvalue weighted by molar-refractivity contribution is 5.82. The van der Waals surface area contributed by atoms with E-state index in [0.717, 1.165) is 5.56 Å². The molecule has 25 heavy (non-hydrogen) atoms. The van der Waals surface area contributed by atoms with E-state index in [0.29, 0.717) is 6.42 Å². The normalized spacial score (nSPS) is 13.4. The Morgan fingerprint density at radius 3 is 2.44 bits per heavy atom. The molecule has 0 saturated heterocycles. The fourth-order valence-electron chi connectivity index (χ4n) is 2.16. The van der Waals surface area contributed by atoms with E-state index in [9.17, 15) is 14.7 Å². The Bertz CT molecular complexity index is 565. The number of amides is 1. The molecule has 0 saturated carbocycles. The van der Waals surface area contributed by atoms with Crippen LogP contribution in [0.5, 0.6) is 0 Å².